The maximum absolute atomic E-state index is 6.24. The van der Waals surface area contributed by atoms with Gasteiger partial charge in [0.25, 0.3) is 0 Å². The fraction of sp³-hybridized carbons (Fsp3) is 0.526. The van der Waals surface area contributed by atoms with Gasteiger partial charge in [-0.05, 0) is 74.1 Å². The Morgan fingerprint density at radius 2 is 2.00 bits per heavy atom. The van der Waals surface area contributed by atoms with E-state index >= 15 is 0 Å². The zero-order valence-corrected chi connectivity index (χ0v) is 13.7. The summed E-state index contributed by atoms with van der Waals surface area (Å²) >= 11 is 0. The average Bonchev–Trinajstić information content (AvgIpc) is 3.25. The molecule has 23 heavy (non-hydrogen) atoms. The number of aryl methyl sites for hydroxylation is 1. The molecule has 2 aliphatic carbocycles. The van der Waals surface area contributed by atoms with Gasteiger partial charge in [0.05, 0.1) is 19.4 Å². The van der Waals surface area contributed by atoms with Crippen molar-refractivity contribution in [1.29, 1.82) is 0 Å². The topological polar surface area (TPSA) is 47.1 Å². The van der Waals surface area contributed by atoms with Crippen LogP contribution in [0.15, 0.2) is 24.4 Å². The molecule has 1 aromatic heterocycles. The molecule has 1 heterocycles. The lowest BCUT2D eigenvalue weighted by Crippen LogP contribution is -2.14. The van der Waals surface area contributed by atoms with E-state index in [1.807, 2.05) is 6.20 Å². The second-order valence-corrected chi connectivity index (χ2v) is 6.75. The van der Waals surface area contributed by atoms with Gasteiger partial charge in [-0.2, -0.15) is 5.10 Å². The number of hydrogen-bond acceptors (Lipinski definition) is 3. The number of aromatic amines is 1. The third kappa shape index (κ3) is 2.94. The lowest BCUT2D eigenvalue weighted by molar-refractivity contribution is 0.200. The summed E-state index contributed by atoms with van der Waals surface area (Å²) in [5, 5.41) is 7.29. The number of hydrogen-bond donors (Lipinski definition) is 1. The van der Waals surface area contributed by atoms with Crippen LogP contribution in [0.25, 0.3) is 0 Å². The summed E-state index contributed by atoms with van der Waals surface area (Å²) in [6.45, 7) is 0. The summed E-state index contributed by atoms with van der Waals surface area (Å²) in [5.74, 6) is 2.30. The molecule has 0 aliphatic heterocycles. The van der Waals surface area contributed by atoms with Crippen LogP contribution < -0.4 is 9.47 Å². The van der Waals surface area contributed by atoms with E-state index in [4.69, 9.17) is 9.47 Å². The molecule has 1 unspecified atom stereocenters. The molecule has 122 valence electrons. The van der Waals surface area contributed by atoms with Gasteiger partial charge in [-0.15, -0.1) is 0 Å². The largest absolute Gasteiger partial charge is 0.493 e. The standard InChI is InChI=1S/C19H24N2O2/c1-22-18-9-7-14(11-19(18)23-16-4-2-3-5-16)13-6-8-17-15(10-13)12-20-21-17/h7,9,11-13,16H,2-6,8,10H2,1H3,(H,20,21). The highest BCUT2D eigenvalue weighted by Crippen LogP contribution is 2.38. The second-order valence-electron chi connectivity index (χ2n) is 6.75. The Labute approximate surface area is 137 Å². The highest BCUT2D eigenvalue weighted by molar-refractivity contribution is 5.45. The number of rotatable bonds is 4. The summed E-state index contributed by atoms with van der Waals surface area (Å²) in [6, 6.07) is 6.45. The Morgan fingerprint density at radius 3 is 2.83 bits per heavy atom. The first-order chi connectivity index (χ1) is 11.3. The zero-order chi connectivity index (χ0) is 15.6. The number of methoxy groups -OCH3 is 1. The van der Waals surface area contributed by atoms with Crippen molar-refractivity contribution >= 4 is 0 Å². The van der Waals surface area contributed by atoms with Crippen molar-refractivity contribution in [2.75, 3.05) is 7.11 Å². The highest BCUT2D eigenvalue weighted by Gasteiger charge is 2.24. The summed E-state index contributed by atoms with van der Waals surface area (Å²) in [7, 11) is 1.72. The molecular weight excluding hydrogens is 288 g/mol. The van der Waals surface area contributed by atoms with Crippen LogP contribution in [-0.2, 0) is 12.8 Å². The minimum Gasteiger partial charge on any atom is -0.493 e. The first-order valence-corrected chi connectivity index (χ1v) is 8.69. The molecule has 4 heteroatoms. The molecule has 0 radical (unpaired) electrons. The molecule has 0 bridgehead atoms. The highest BCUT2D eigenvalue weighted by atomic mass is 16.5. The van der Waals surface area contributed by atoms with E-state index in [0.29, 0.717) is 12.0 Å². The predicted molar refractivity (Wildman–Crippen MR) is 89.2 cm³/mol. The van der Waals surface area contributed by atoms with Crippen molar-refractivity contribution in [2.24, 2.45) is 0 Å². The van der Waals surface area contributed by atoms with Gasteiger partial charge >= 0.3 is 0 Å². The van der Waals surface area contributed by atoms with E-state index in [2.05, 4.69) is 28.4 Å². The molecule has 2 aromatic rings. The molecule has 4 rings (SSSR count). The fourth-order valence-corrected chi connectivity index (χ4v) is 3.93. The van der Waals surface area contributed by atoms with Crippen molar-refractivity contribution in [3.05, 3.63) is 41.2 Å². The third-order valence-electron chi connectivity index (χ3n) is 5.27. The van der Waals surface area contributed by atoms with Crippen LogP contribution in [0.3, 0.4) is 0 Å². The van der Waals surface area contributed by atoms with E-state index < -0.39 is 0 Å². The Kier molecular flexibility index (Phi) is 3.98. The van der Waals surface area contributed by atoms with E-state index in [0.717, 1.165) is 43.6 Å². The minimum absolute atomic E-state index is 0.353. The van der Waals surface area contributed by atoms with Crippen LogP contribution in [0.2, 0.25) is 0 Å². The number of nitrogens with zero attached hydrogens (tertiary/aromatic N) is 1. The lowest BCUT2D eigenvalue weighted by atomic mass is 9.83. The van der Waals surface area contributed by atoms with Crippen molar-refractivity contribution in [2.45, 2.75) is 57.0 Å². The Balaban J connectivity index is 1.57. The predicted octanol–water partition coefficient (Wildman–Crippen LogP) is 4.01. The van der Waals surface area contributed by atoms with Gasteiger partial charge in [-0.25, -0.2) is 0 Å². The van der Waals surface area contributed by atoms with Crippen molar-refractivity contribution in [3.8, 4) is 11.5 Å². The Morgan fingerprint density at radius 1 is 1.13 bits per heavy atom. The lowest BCUT2D eigenvalue weighted by Gasteiger charge is -2.24. The summed E-state index contributed by atoms with van der Waals surface area (Å²) in [6.07, 6.45) is 10.5. The fourth-order valence-electron chi connectivity index (χ4n) is 3.93. The first-order valence-electron chi connectivity index (χ1n) is 8.69. The monoisotopic (exact) mass is 312 g/mol. The van der Waals surface area contributed by atoms with Crippen LogP contribution in [0.5, 0.6) is 11.5 Å². The molecule has 0 saturated heterocycles. The van der Waals surface area contributed by atoms with E-state index in [1.165, 1.54) is 29.7 Å². The van der Waals surface area contributed by atoms with Gasteiger partial charge in [0.15, 0.2) is 11.5 Å². The molecule has 0 spiro atoms. The van der Waals surface area contributed by atoms with Crippen molar-refractivity contribution in [1.82, 2.24) is 10.2 Å². The number of fused-ring (bicyclic) bond motifs is 1. The Bertz CT molecular complexity index is 674. The molecule has 4 nitrogen and oxygen atoms in total. The molecule has 1 atom stereocenters. The number of H-pyrrole nitrogens is 1. The van der Waals surface area contributed by atoms with Crippen LogP contribution in [0.1, 0.15) is 54.8 Å². The number of ether oxygens (including phenoxy) is 2. The maximum atomic E-state index is 6.24. The second kappa shape index (κ2) is 6.26. The van der Waals surface area contributed by atoms with Gasteiger partial charge in [-0.1, -0.05) is 6.07 Å². The van der Waals surface area contributed by atoms with Gasteiger partial charge in [0.1, 0.15) is 0 Å². The van der Waals surface area contributed by atoms with Crippen LogP contribution in [-0.4, -0.2) is 23.4 Å². The quantitative estimate of drug-likeness (QED) is 0.928. The van der Waals surface area contributed by atoms with Gasteiger partial charge in [0.2, 0.25) is 0 Å². The molecule has 0 amide bonds. The van der Waals surface area contributed by atoms with Crippen LogP contribution >= 0.6 is 0 Å². The minimum atomic E-state index is 0.353. The van der Waals surface area contributed by atoms with Crippen LogP contribution in [0, 0.1) is 0 Å². The number of benzene rings is 1. The van der Waals surface area contributed by atoms with E-state index in [9.17, 15) is 0 Å². The van der Waals surface area contributed by atoms with Crippen molar-refractivity contribution in [3.63, 3.8) is 0 Å². The van der Waals surface area contributed by atoms with Gasteiger partial charge in [-0.3, -0.25) is 5.10 Å². The summed E-state index contributed by atoms with van der Waals surface area (Å²) in [5.41, 5.74) is 4.01. The molecular formula is C19H24N2O2. The zero-order valence-electron chi connectivity index (χ0n) is 13.7. The summed E-state index contributed by atoms with van der Waals surface area (Å²) < 4.78 is 11.7. The van der Waals surface area contributed by atoms with Gasteiger partial charge in [0, 0.05) is 5.69 Å². The normalized spacial score (nSPS) is 21.2. The Hall–Kier alpha value is -1.97. The maximum Gasteiger partial charge on any atom is 0.161 e. The first kappa shape index (κ1) is 14.6. The van der Waals surface area contributed by atoms with Crippen molar-refractivity contribution < 1.29 is 9.47 Å². The summed E-state index contributed by atoms with van der Waals surface area (Å²) in [4.78, 5) is 0. The van der Waals surface area contributed by atoms with Crippen LogP contribution in [0.4, 0.5) is 0 Å². The number of aromatic nitrogens is 2. The van der Waals surface area contributed by atoms with E-state index in [-0.39, 0.29) is 0 Å². The third-order valence-corrected chi connectivity index (χ3v) is 5.27. The SMILES string of the molecule is COc1ccc(C2CCc3[nH]ncc3C2)cc1OC1CCCC1. The smallest absolute Gasteiger partial charge is 0.161 e. The molecule has 1 N–H and O–H groups in total. The van der Waals surface area contributed by atoms with E-state index in [1.54, 1.807) is 7.11 Å². The molecule has 1 aromatic carbocycles. The average molecular weight is 312 g/mol. The number of nitrogens with one attached hydrogen (secondary N) is 1. The molecule has 1 saturated carbocycles. The van der Waals surface area contributed by atoms with Gasteiger partial charge < -0.3 is 9.47 Å². The molecule has 2 aliphatic rings. The molecule has 1 fully saturated rings.